The molecule has 0 spiro atoms. The van der Waals surface area contributed by atoms with E-state index in [2.05, 4.69) is 174 Å². The Morgan fingerprint density at radius 3 is 1.79 bits per heavy atom. The largest absolute Gasteiger partial charge is 0.455 e. The number of furan rings is 1. The topological polar surface area (TPSA) is 56.7 Å². The number of hydrogen-bond donors (Lipinski definition) is 0. The van der Waals surface area contributed by atoms with E-state index in [1.807, 2.05) is 12.1 Å². The molecule has 5 nitrogen and oxygen atoms in total. The van der Waals surface area contributed by atoms with Crippen molar-refractivity contribution in [3.63, 3.8) is 0 Å². The van der Waals surface area contributed by atoms with Crippen LogP contribution in [0.1, 0.15) is 0 Å². The molecule has 0 unspecified atom stereocenters. The van der Waals surface area contributed by atoms with Gasteiger partial charge in [-0.1, -0.05) is 140 Å². The van der Waals surface area contributed by atoms with Crippen molar-refractivity contribution in [2.75, 3.05) is 0 Å². The Morgan fingerprint density at radius 2 is 0.982 bits per heavy atom. The van der Waals surface area contributed by atoms with E-state index < -0.39 is 0 Å². The Labute approximate surface area is 320 Å². The zero-order chi connectivity index (χ0) is 36.7. The van der Waals surface area contributed by atoms with Crippen LogP contribution in [0.5, 0.6) is 0 Å². The highest BCUT2D eigenvalue weighted by Crippen LogP contribution is 2.42. The van der Waals surface area contributed by atoms with Gasteiger partial charge in [-0.2, -0.15) is 9.97 Å². The molecular weight excluding hydrogens is 685 g/mol. The van der Waals surface area contributed by atoms with Crippen molar-refractivity contribution in [3.05, 3.63) is 182 Å². The van der Waals surface area contributed by atoms with E-state index >= 15 is 0 Å². The summed E-state index contributed by atoms with van der Waals surface area (Å²) in [5, 5.41) is 10.9. The highest BCUT2D eigenvalue weighted by atomic mass is 16.3. The minimum absolute atomic E-state index is 0.551. The zero-order valence-corrected chi connectivity index (χ0v) is 30.0. The van der Waals surface area contributed by atoms with Crippen molar-refractivity contribution in [2.24, 2.45) is 0 Å². The molecule has 0 aliphatic rings. The van der Waals surface area contributed by atoms with Crippen LogP contribution in [0.25, 0.3) is 116 Å². The molecule has 5 heteroatoms. The second kappa shape index (κ2) is 11.9. The molecule has 9 aromatic carbocycles. The van der Waals surface area contributed by atoms with E-state index in [4.69, 9.17) is 19.4 Å². The number of para-hydroxylation sites is 2. The fraction of sp³-hybridized carbons (Fsp3) is 0. The second-order valence-corrected chi connectivity index (χ2v) is 14.4. The molecule has 0 N–H and O–H groups in total. The summed E-state index contributed by atoms with van der Waals surface area (Å²) in [5.41, 5.74) is 7.77. The van der Waals surface area contributed by atoms with Gasteiger partial charge in [0.25, 0.3) is 0 Å². The fourth-order valence-electron chi connectivity index (χ4n) is 8.61. The molecule has 56 heavy (non-hydrogen) atoms. The third-order valence-electron chi connectivity index (χ3n) is 11.2. The normalized spacial score (nSPS) is 11.9. The molecule has 0 aliphatic heterocycles. The molecule has 12 rings (SSSR count). The first-order valence-electron chi connectivity index (χ1n) is 18.9. The van der Waals surface area contributed by atoms with E-state index in [1.165, 1.54) is 5.39 Å². The lowest BCUT2D eigenvalue weighted by atomic mass is 9.96. The quantitative estimate of drug-likeness (QED) is 0.182. The lowest BCUT2D eigenvalue weighted by molar-refractivity contribution is 0.672. The van der Waals surface area contributed by atoms with Gasteiger partial charge in [0.05, 0.1) is 11.0 Å². The predicted octanol–water partition coefficient (Wildman–Crippen LogP) is 13.3. The molecule has 0 amide bonds. The van der Waals surface area contributed by atoms with Crippen molar-refractivity contribution in [2.45, 2.75) is 0 Å². The minimum Gasteiger partial charge on any atom is -0.455 e. The van der Waals surface area contributed by atoms with Crippen LogP contribution in [-0.4, -0.2) is 19.5 Å². The number of benzene rings is 9. The van der Waals surface area contributed by atoms with Crippen LogP contribution < -0.4 is 0 Å². The fourth-order valence-corrected chi connectivity index (χ4v) is 8.61. The van der Waals surface area contributed by atoms with Crippen LogP contribution in [0, 0.1) is 0 Å². The lowest BCUT2D eigenvalue weighted by Crippen LogP contribution is -2.07. The third kappa shape index (κ3) is 4.64. The van der Waals surface area contributed by atoms with Gasteiger partial charge in [0.15, 0.2) is 11.6 Å². The van der Waals surface area contributed by atoms with Crippen LogP contribution in [0.15, 0.2) is 186 Å². The van der Waals surface area contributed by atoms with Crippen molar-refractivity contribution < 1.29 is 4.42 Å². The van der Waals surface area contributed by atoms with Gasteiger partial charge in [-0.25, -0.2) is 4.98 Å². The molecule has 0 atom stereocenters. The molecule has 3 heterocycles. The molecule has 0 fully saturated rings. The lowest BCUT2D eigenvalue weighted by Gasteiger charge is -2.14. The first-order chi connectivity index (χ1) is 27.7. The van der Waals surface area contributed by atoms with Gasteiger partial charge >= 0.3 is 0 Å². The van der Waals surface area contributed by atoms with Gasteiger partial charge < -0.3 is 4.42 Å². The Bertz CT molecular complexity index is 3540. The summed E-state index contributed by atoms with van der Waals surface area (Å²) in [6, 6.07) is 63.9. The molecule has 0 bridgehead atoms. The molecule has 3 aromatic heterocycles. The number of aromatic nitrogens is 4. The number of fused-ring (bicyclic) bond motifs is 10. The number of rotatable bonds is 4. The summed E-state index contributed by atoms with van der Waals surface area (Å²) in [6.07, 6.45) is 0. The molecular formula is C51H30N4O. The van der Waals surface area contributed by atoms with Gasteiger partial charge in [-0.15, -0.1) is 0 Å². The molecule has 260 valence electrons. The van der Waals surface area contributed by atoms with E-state index in [0.717, 1.165) is 92.9 Å². The van der Waals surface area contributed by atoms with Gasteiger partial charge in [0, 0.05) is 38.1 Å². The summed E-state index contributed by atoms with van der Waals surface area (Å²) in [5.74, 6) is 1.72. The van der Waals surface area contributed by atoms with Crippen LogP contribution in [-0.2, 0) is 0 Å². The molecule has 12 aromatic rings. The van der Waals surface area contributed by atoms with Crippen molar-refractivity contribution in [1.29, 1.82) is 0 Å². The predicted molar refractivity (Wildman–Crippen MR) is 230 cm³/mol. The molecule has 0 aliphatic carbocycles. The number of nitrogens with zero attached hydrogens (tertiary/aromatic N) is 4. The Kier molecular flexibility index (Phi) is 6.56. The van der Waals surface area contributed by atoms with Gasteiger partial charge in [0.2, 0.25) is 5.95 Å². The maximum atomic E-state index is 6.65. The summed E-state index contributed by atoms with van der Waals surface area (Å²) in [6.45, 7) is 0. The molecule has 0 saturated heterocycles. The van der Waals surface area contributed by atoms with Crippen LogP contribution >= 0.6 is 0 Å². The van der Waals surface area contributed by atoms with Crippen molar-refractivity contribution in [1.82, 2.24) is 19.5 Å². The Morgan fingerprint density at radius 1 is 0.375 bits per heavy atom. The van der Waals surface area contributed by atoms with E-state index in [1.54, 1.807) is 0 Å². The van der Waals surface area contributed by atoms with E-state index in [9.17, 15) is 0 Å². The molecule has 0 radical (unpaired) electrons. The van der Waals surface area contributed by atoms with Crippen LogP contribution in [0.2, 0.25) is 0 Å². The number of hydrogen-bond acceptors (Lipinski definition) is 4. The summed E-state index contributed by atoms with van der Waals surface area (Å²) < 4.78 is 8.86. The Balaban J connectivity index is 1.23. The maximum Gasteiger partial charge on any atom is 0.238 e. The summed E-state index contributed by atoms with van der Waals surface area (Å²) in [4.78, 5) is 16.3. The van der Waals surface area contributed by atoms with Gasteiger partial charge in [0.1, 0.15) is 11.2 Å². The highest BCUT2D eigenvalue weighted by molar-refractivity contribution is 6.21. The average Bonchev–Trinajstić information content (AvgIpc) is 3.81. The smallest absolute Gasteiger partial charge is 0.238 e. The van der Waals surface area contributed by atoms with Crippen molar-refractivity contribution >= 4 is 76.1 Å². The monoisotopic (exact) mass is 714 g/mol. The average molecular weight is 715 g/mol. The first kappa shape index (κ1) is 30.8. The van der Waals surface area contributed by atoms with Gasteiger partial charge in [-0.05, 0) is 80.5 Å². The van der Waals surface area contributed by atoms with Crippen molar-refractivity contribution in [3.8, 4) is 39.9 Å². The maximum absolute atomic E-state index is 6.65. The van der Waals surface area contributed by atoms with Gasteiger partial charge in [-0.3, -0.25) is 4.57 Å². The van der Waals surface area contributed by atoms with E-state index in [-0.39, 0.29) is 0 Å². The highest BCUT2D eigenvalue weighted by Gasteiger charge is 2.23. The standard InChI is InChI=1S/C51H30N4O/c1-2-14-31(15-3-1)36-26-34-18-6-8-20-37(34)42(29-36)49-52-50(43-28-35-19-7-9-21-38(35)48-47(43)40-23-11-13-25-46(40)56-48)54-51(53-49)55-44-24-12-10-22-39(44)41-27-32-16-4-5-17-33(32)30-45(41)55/h1-30H. The first-order valence-corrected chi connectivity index (χ1v) is 18.9. The Hall–Kier alpha value is -7.63. The van der Waals surface area contributed by atoms with E-state index in [0.29, 0.717) is 17.6 Å². The second-order valence-electron chi connectivity index (χ2n) is 14.4. The molecule has 0 saturated carbocycles. The zero-order valence-electron chi connectivity index (χ0n) is 30.0. The van der Waals surface area contributed by atoms with Crippen LogP contribution in [0.3, 0.4) is 0 Å². The summed E-state index contributed by atoms with van der Waals surface area (Å²) in [7, 11) is 0. The third-order valence-corrected chi connectivity index (χ3v) is 11.2. The summed E-state index contributed by atoms with van der Waals surface area (Å²) >= 11 is 0. The SMILES string of the molecule is c1ccc(-c2cc(-c3nc(-c4cc5ccccc5c5oc6ccccc6c45)nc(-n4c5ccccc5c5cc6ccccc6cc54)n3)c3ccccc3c2)cc1. The van der Waals surface area contributed by atoms with Crippen LogP contribution in [0.4, 0.5) is 0 Å². The minimum atomic E-state index is 0.551.